The first-order valence-corrected chi connectivity index (χ1v) is 7.78. The van der Waals surface area contributed by atoms with Crippen LogP contribution in [0.25, 0.3) is 0 Å². The summed E-state index contributed by atoms with van der Waals surface area (Å²) >= 11 is 0. The minimum absolute atomic E-state index is 0.0636. The van der Waals surface area contributed by atoms with Crippen molar-refractivity contribution in [2.45, 2.75) is 33.6 Å². The first-order valence-electron chi connectivity index (χ1n) is 7.78. The molecule has 2 atom stereocenters. The normalized spacial score (nSPS) is 33.3. The molecule has 0 bridgehead atoms. The van der Waals surface area contributed by atoms with Crippen LogP contribution in [0, 0.1) is 33.5 Å². The number of carbonyl (C=O) groups excluding carboxylic acids is 1. The number of hydrogen-bond donors (Lipinski definition) is 2. The number of nitrogens with zero attached hydrogens (tertiary/aromatic N) is 2. The number of fused-ring (bicyclic) bond motifs is 2. The van der Waals surface area contributed by atoms with Gasteiger partial charge in [0.1, 0.15) is 11.9 Å². The van der Waals surface area contributed by atoms with E-state index in [0.29, 0.717) is 5.82 Å². The molecule has 5 nitrogen and oxygen atoms in total. The maximum absolute atomic E-state index is 12.6. The maximum Gasteiger partial charge on any atom is 0.178 e. The number of ketones is 1. The van der Waals surface area contributed by atoms with Crippen LogP contribution in [0.15, 0.2) is 39.8 Å². The molecule has 0 amide bonds. The Hall–Kier alpha value is -2.48. The van der Waals surface area contributed by atoms with Crippen LogP contribution >= 0.6 is 0 Å². The van der Waals surface area contributed by atoms with Crippen molar-refractivity contribution >= 4 is 18.2 Å². The van der Waals surface area contributed by atoms with Gasteiger partial charge in [-0.2, -0.15) is 5.26 Å². The Morgan fingerprint density at radius 1 is 1.48 bits per heavy atom. The molecule has 23 heavy (non-hydrogen) atoms. The van der Waals surface area contributed by atoms with Gasteiger partial charge in [0, 0.05) is 29.0 Å². The van der Waals surface area contributed by atoms with E-state index in [9.17, 15) is 10.1 Å². The van der Waals surface area contributed by atoms with Crippen LogP contribution in [0.3, 0.4) is 0 Å². The predicted molar refractivity (Wildman–Crippen MR) is 88.8 cm³/mol. The summed E-state index contributed by atoms with van der Waals surface area (Å²) < 4.78 is 0. The molecule has 0 fully saturated rings. The summed E-state index contributed by atoms with van der Waals surface area (Å²) in [7, 11) is 0. The highest BCUT2D eigenvalue weighted by Gasteiger charge is 2.54. The minimum Gasteiger partial charge on any atom is -0.343 e. The van der Waals surface area contributed by atoms with E-state index in [1.54, 1.807) is 6.08 Å². The van der Waals surface area contributed by atoms with E-state index in [4.69, 9.17) is 5.41 Å². The fraction of sp³-hybridized carbons (Fsp3) is 0.444. The number of nitrogens with one attached hydrogen (secondary N) is 2. The van der Waals surface area contributed by atoms with Gasteiger partial charge in [-0.15, -0.1) is 0 Å². The monoisotopic (exact) mass is 308 g/mol. The molecule has 0 aromatic carbocycles. The molecule has 2 N–H and O–H groups in total. The van der Waals surface area contributed by atoms with E-state index < -0.39 is 10.8 Å². The summed E-state index contributed by atoms with van der Waals surface area (Å²) in [5.74, 6) is 0.673. The van der Waals surface area contributed by atoms with Crippen LogP contribution < -0.4 is 5.32 Å². The molecule has 1 heterocycles. The zero-order chi connectivity index (χ0) is 16.8. The standard InChI is InChI=1S/C18H20N4O/c1-17(2)13-5-4-11-10-21-14(6-7-19)22-15(11)18(13,3)8-12(9-20)16(17)23/h6-8,10,13,19,22H,4-5H2,1-3H3/b14-6-,19-7?. The Labute approximate surface area is 136 Å². The molecule has 3 aliphatic rings. The van der Waals surface area contributed by atoms with Gasteiger partial charge in [-0.25, -0.2) is 4.99 Å². The second-order valence-corrected chi connectivity index (χ2v) is 7.10. The van der Waals surface area contributed by atoms with Crippen molar-refractivity contribution in [3.05, 3.63) is 34.8 Å². The van der Waals surface area contributed by atoms with Crippen LogP contribution in [0.4, 0.5) is 0 Å². The summed E-state index contributed by atoms with van der Waals surface area (Å²) in [6.45, 7) is 5.98. The SMILES string of the molecule is CC1(C)C(=O)C(C#N)=CC2(C)C3=C(C=N/C(=C/C=N)N3)CCC12. The van der Waals surface area contributed by atoms with Crippen molar-refractivity contribution in [3.8, 4) is 6.07 Å². The molecule has 2 unspecified atom stereocenters. The lowest BCUT2D eigenvalue weighted by Crippen LogP contribution is -2.51. The van der Waals surface area contributed by atoms with Crippen LogP contribution in [0.5, 0.6) is 0 Å². The number of carbonyl (C=O) groups is 1. The Balaban J connectivity index is 2.18. The second kappa shape index (κ2) is 5.02. The van der Waals surface area contributed by atoms with Gasteiger partial charge in [0.2, 0.25) is 0 Å². The number of nitriles is 1. The third-order valence-corrected chi connectivity index (χ3v) is 5.41. The third-order valence-electron chi connectivity index (χ3n) is 5.41. The first-order chi connectivity index (χ1) is 10.8. The summed E-state index contributed by atoms with van der Waals surface area (Å²) in [5, 5.41) is 19.9. The van der Waals surface area contributed by atoms with Crippen molar-refractivity contribution in [1.29, 1.82) is 10.7 Å². The predicted octanol–water partition coefficient (Wildman–Crippen LogP) is 2.88. The van der Waals surface area contributed by atoms with Gasteiger partial charge >= 0.3 is 0 Å². The van der Waals surface area contributed by atoms with Gasteiger partial charge in [0.05, 0.1) is 5.57 Å². The molecular weight excluding hydrogens is 288 g/mol. The number of Topliss-reactive ketones (excluding diaryl/α,β-unsaturated/α-hetero) is 1. The van der Waals surface area contributed by atoms with E-state index in [-0.39, 0.29) is 17.3 Å². The largest absolute Gasteiger partial charge is 0.343 e. The van der Waals surface area contributed by atoms with E-state index in [2.05, 4.69) is 23.3 Å². The maximum atomic E-state index is 12.6. The molecule has 5 heteroatoms. The van der Waals surface area contributed by atoms with Crippen molar-refractivity contribution < 1.29 is 4.79 Å². The molecule has 2 aliphatic carbocycles. The highest BCUT2D eigenvalue weighted by atomic mass is 16.1. The Bertz CT molecular complexity index is 760. The summed E-state index contributed by atoms with van der Waals surface area (Å²) in [5.41, 5.74) is 1.37. The van der Waals surface area contributed by atoms with E-state index >= 15 is 0 Å². The lowest BCUT2D eigenvalue weighted by molar-refractivity contribution is -0.129. The topological polar surface area (TPSA) is 89.1 Å². The lowest BCUT2D eigenvalue weighted by atomic mass is 9.52. The zero-order valence-electron chi connectivity index (χ0n) is 13.6. The lowest BCUT2D eigenvalue weighted by Gasteiger charge is -2.52. The van der Waals surface area contributed by atoms with E-state index in [0.717, 1.165) is 24.1 Å². The van der Waals surface area contributed by atoms with E-state index in [1.165, 1.54) is 6.21 Å². The molecule has 1 aliphatic heterocycles. The third kappa shape index (κ3) is 2.09. The van der Waals surface area contributed by atoms with E-state index in [1.807, 2.05) is 26.1 Å². The van der Waals surface area contributed by atoms with Crippen LogP contribution in [0.1, 0.15) is 33.6 Å². The molecule has 0 aromatic rings. The van der Waals surface area contributed by atoms with Gasteiger partial charge in [-0.1, -0.05) is 26.8 Å². The number of rotatable bonds is 1. The fourth-order valence-electron chi connectivity index (χ4n) is 4.30. The molecule has 118 valence electrons. The van der Waals surface area contributed by atoms with Crippen LogP contribution in [0.2, 0.25) is 0 Å². The van der Waals surface area contributed by atoms with Crippen molar-refractivity contribution in [2.75, 3.05) is 0 Å². The second-order valence-electron chi connectivity index (χ2n) is 7.10. The number of hydrogen-bond acceptors (Lipinski definition) is 5. The van der Waals surface area contributed by atoms with Crippen molar-refractivity contribution in [3.63, 3.8) is 0 Å². The highest BCUT2D eigenvalue weighted by Crippen LogP contribution is 2.56. The Kier molecular flexibility index (Phi) is 3.36. The van der Waals surface area contributed by atoms with Crippen LogP contribution in [-0.2, 0) is 4.79 Å². The molecule has 0 saturated heterocycles. The van der Waals surface area contributed by atoms with Gasteiger partial charge in [-0.05, 0) is 30.4 Å². The average molecular weight is 308 g/mol. The number of allylic oxidation sites excluding steroid dienone is 4. The summed E-state index contributed by atoms with van der Waals surface area (Å²) in [4.78, 5) is 16.9. The Morgan fingerprint density at radius 3 is 2.87 bits per heavy atom. The number of aliphatic imine (C=N–C) groups is 1. The molecule has 0 aromatic heterocycles. The molecule has 3 rings (SSSR count). The summed E-state index contributed by atoms with van der Waals surface area (Å²) in [6, 6.07) is 2.08. The van der Waals surface area contributed by atoms with Gasteiger partial charge in [-0.3, -0.25) is 4.79 Å². The molecule has 0 saturated carbocycles. The Morgan fingerprint density at radius 2 is 2.22 bits per heavy atom. The van der Waals surface area contributed by atoms with Gasteiger partial charge < -0.3 is 10.7 Å². The summed E-state index contributed by atoms with van der Waals surface area (Å²) in [6.07, 6.45) is 8.21. The molecule has 0 spiro atoms. The molecular formula is C18H20N4O. The minimum atomic E-state index is -0.575. The van der Waals surface area contributed by atoms with Crippen molar-refractivity contribution in [1.82, 2.24) is 5.32 Å². The zero-order valence-corrected chi connectivity index (χ0v) is 13.6. The molecule has 0 radical (unpaired) electrons. The smallest absolute Gasteiger partial charge is 0.178 e. The average Bonchev–Trinajstić information content (AvgIpc) is 2.52. The van der Waals surface area contributed by atoms with Crippen molar-refractivity contribution in [2.24, 2.45) is 21.7 Å². The highest BCUT2D eigenvalue weighted by molar-refractivity contribution is 6.04. The quantitative estimate of drug-likeness (QED) is 0.730. The first kappa shape index (κ1) is 15.4. The fourth-order valence-corrected chi connectivity index (χ4v) is 4.30. The van der Waals surface area contributed by atoms with Gasteiger partial charge in [0.15, 0.2) is 5.78 Å². The van der Waals surface area contributed by atoms with Crippen LogP contribution in [-0.4, -0.2) is 18.2 Å². The van der Waals surface area contributed by atoms with Gasteiger partial charge in [0.25, 0.3) is 0 Å².